The molecule has 0 spiro atoms. The zero-order valence-electron chi connectivity index (χ0n) is 10.2. The van der Waals surface area contributed by atoms with Crippen LogP contribution in [-0.4, -0.2) is 49.7 Å². The molecule has 2 rings (SSSR count). The fourth-order valence-electron chi connectivity index (χ4n) is 2.63. The molecule has 3 unspecified atom stereocenters. The number of carbonyl (C=O) groups is 1. The zero-order valence-corrected chi connectivity index (χ0v) is 10.2. The predicted molar refractivity (Wildman–Crippen MR) is 62.1 cm³/mol. The molecule has 0 bridgehead atoms. The second kappa shape index (κ2) is 5.15. The van der Waals surface area contributed by atoms with Gasteiger partial charge < -0.3 is 15.0 Å². The molecule has 1 amide bonds. The van der Waals surface area contributed by atoms with Crippen LogP contribution in [-0.2, 0) is 9.53 Å². The minimum atomic E-state index is 0.0326. The Bertz CT molecular complexity index is 257. The molecule has 2 aliphatic rings. The number of nitrogens with one attached hydrogen (secondary N) is 1. The van der Waals surface area contributed by atoms with E-state index in [9.17, 15) is 4.79 Å². The summed E-state index contributed by atoms with van der Waals surface area (Å²) in [6, 6.07) is 0.216. The van der Waals surface area contributed by atoms with Crippen molar-refractivity contribution in [1.29, 1.82) is 0 Å². The number of amides is 1. The Morgan fingerprint density at radius 1 is 1.50 bits per heavy atom. The van der Waals surface area contributed by atoms with Gasteiger partial charge in [0.1, 0.15) is 0 Å². The SMILES string of the molecule is CCNC1COCC1C(=O)N1CCC(C)C1. The van der Waals surface area contributed by atoms with Gasteiger partial charge in [-0.1, -0.05) is 13.8 Å². The van der Waals surface area contributed by atoms with Gasteiger partial charge in [-0.25, -0.2) is 0 Å². The standard InChI is InChI=1S/C12H22N2O2/c1-3-13-11-8-16-7-10(11)12(15)14-5-4-9(2)6-14/h9-11,13H,3-8H2,1-2H3. The van der Waals surface area contributed by atoms with Gasteiger partial charge in [0, 0.05) is 19.1 Å². The highest BCUT2D eigenvalue weighted by Crippen LogP contribution is 2.22. The van der Waals surface area contributed by atoms with E-state index >= 15 is 0 Å². The third-order valence-electron chi connectivity index (χ3n) is 3.60. The molecule has 1 N–H and O–H groups in total. The molecule has 4 heteroatoms. The van der Waals surface area contributed by atoms with Gasteiger partial charge in [0.15, 0.2) is 0 Å². The van der Waals surface area contributed by atoms with Gasteiger partial charge in [0.25, 0.3) is 0 Å². The normalized spacial score (nSPS) is 34.6. The Balaban J connectivity index is 1.93. The molecular formula is C12H22N2O2. The van der Waals surface area contributed by atoms with E-state index in [0.717, 1.165) is 26.1 Å². The number of carbonyl (C=O) groups excluding carboxylic acids is 1. The molecular weight excluding hydrogens is 204 g/mol. The Kier molecular flexibility index (Phi) is 3.82. The van der Waals surface area contributed by atoms with Crippen LogP contribution in [0.1, 0.15) is 20.3 Å². The molecule has 2 heterocycles. The molecule has 0 saturated carbocycles. The van der Waals surface area contributed by atoms with Crippen molar-refractivity contribution in [2.24, 2.45) is 11.8 Å². The quantitative estimate of drug-likeness (QED) is 0.761. The Morgan fingerprint density at radius 3 is 2.94 bits per heavy atom. The minimum Gasteiger partial charge on any atom is -0.379 e. The lowest BCUT2D eigenvalue weighted by atomic mass is 10.0. The van der Waals surface area contributed by atoms with Crippen molar-refractivity contribution in [1.82, 2.24) is 10.2 Å². The molecule has 4 nitrogen and oxygen atoms in total. The van der Waals surface area contributed by atoms with Crippen molar-refractivity contribution in [2.75, 3.05) is 32.8 Å². The summed E-state index contributed by atoms with van der Waals surface area (Å²) in [5.41, 5.74) is 0. The van der Waals surface area contributed by atoms with Crippen molar-refractivity contribution in [3.8, 4) is 0 Å². The van der Waals surface area contributed by atoms with Gasteiger partial charge >= 0.3 is 0 Å². The Morgan fingerprint density at radius 2 is 2.31 bits per heavy atom. The maximum absolute atomic E-state index is 12.3. The van der Waals surface area contributed by atoms with E-state index in [0.29, 0.717) is 19.1 Å². The van der Waals surface area contributed by atoms with E-state index in [1.165, 1.54) is 0 Å². The second-order valence-electron chi connectivity index (χ2n) is 4.99. The molecule has 2 fully saturated rings. The molecule has 16 heavy (non-hydrogen) atoms. The average Bonchev–Trinajstić information content (AvgIpc) is 2.87. The number of nitrogens with zero attached hydrogens (tertiary/aromatic N) is 1. The predicted octanol–water partition coefficient (Wildman–Crippen LogP) is 0.479. The summed E-state index contributed by atoms with van der Waals surface area (Å²) in [5, 5.41) is 3.34. The number of rotatable bonds is 3. The van der Waals surface area contributed by atoms with E-state index in [2.05, 4.69) is 19.2 Å². The first-order chi connectivity index (χ1) is 7.72. The van der Waals surface area contributed by atoms with Crippen LogP contribution in [0.4, 0.5) is 0 Å². The molecule has 3 atom stereocenters. The van der Waals surface area contributed by atoms with Crippen molar-refractivity contribution < 1.29 is 9.53 Å². The number of ether oxygens (including phenoxy) is 1. The highest BCUT2D eigenvalue weighted by molar-refractivity contribution is 5.80. The van der Waals surface area contributed by atoms with Crippen LogP contribution in [0, 0.1) is 11.8 Å². The van der Waals surface area contributed by atoms with Crippen LogP contribution in [0.15, 0.2) is 0 Å². The van der Waals surface area contributed by atoms with Crippen LogP contribution in [0.3, 0.4) is 0 Å². The fourth-order valence-corrected chi connectivity index (χ4v) is 2.63. The molecule has 2 saturated heterocycles. The summed E-state index contributed by atoms with van der Waals surface area (Å²) in [6.45, 7) is 8.28. The van der Waals surface area contributed by atoms with Gasteiger partial charge in [-0.05, 0) is 18.9 Å². The van der Waals surface area contributed by atoms with Crippen LogP contribution in [0.5, 0.6) is 0 Å². The lowest BCUT2D eigenvalue weighted by molar-refractivity contribution is -0.135. The molecule has 0 aromatic rings. The molecule has 92 valence electrons. The summed E-state index contributed by atoms with van der Waals surface area (Å²) in [5.74, 6) is 0.974. The lowest BCUT2D eigenvalue weighted by Gasteiger charge is -2.23. The first kappa shape index (κ1) is 11.9. The molecule has 0 aliphatic carbocycles. The second-order valence-corrected chi connectivity index (χ2v) is 4.99. The lowest BCUT2D eigenvalue weighted by Crippen LogP contribution is -2.45. The van der Waals surface area contributed by atoms with Gasteiger partial charge in [-0.2, -0.15) is 0 Å². The molecule has 0 radical (unpaired) electrons. The van der Waals surface area contributed by atoms with E-state index in [1.807, 2.05) is 4.90 Å². The fraction of sp³-hybridized carbons (Fsp3) is 0.917. The van der Waals surface area contributed by atoms with Crippen molar-refractivity contribution in [2.45, 2.75) is 26.3 Å². The van der Waals surface area contributed by atoms with Gasteiger partial charge in [0.2, 0.25) is 5.91 Å². The average molecular weight is 226 g/mol. The summed E-state index contributed by atoms with van der Waals surface area (Å²) in [7, 11) is 0. The van der Waals surface area contributed by atoms with E-state index < -0.39 is 0 Å². The summed E-state index contributed by atoms with van der Waals surface area (Å²) >= 11 is 0. The number of likely N-dealkylation sites (tertiary alicyclic amines) is 1. The number of hydrogen-bond donors (Lipinski definition) is 1. The third-order valence-corrected chi connectivity index (χ3v) is 3.60. The van der Waals surface area contributed by atoms with Gasteiger partial charge in [-0.15, -0.1) is 0 Å². The van der Waals surface area contributed by atoms with Crippen molar-refractivity contribution in [3.05, 3.63) is 0 Å². The van der Waals surface area contributed by atoms with Crippen molar-refractivity contribution in [3.63, 3.8) is 0 Å². The van der Waals surface area contributed by atoms with E-state index in [4.69, 9.17) is 4.74 Å². The van der Waals surface area contributed by atoms with Crippen LogP contribution >= 0.6 is 0 Å². The highest BCUT2D eigenvalue weighted by atomic mass is 16.5. The summed E-state index contributed by atoms with van der Waals surface area (Å²) < 4.78 is 5.42. The molecule has 0 aromatic heterocycles. The smallest absolute Gasteiger partial charge is 0.229 e. The van der Waals surface area contributed by atoms with Gasteiger partial charge in [0.05, 0.1) is 19.1 Å². The number of hydrogen-bond acceptors (Lipinski definition) is 3. The molecule has 0 aromatic carbocycles. The zero-order chi connectivity index (χ0) is 11.5. The van der Waals surface area contributed by atoms with Gasteiger partial charge in [-0.3, -0.25) is 4.79 Å². The summed E-state index contributed by atoms with van der Waals surface area (Å²) in [6.07, 6.45) is 1.14. The van der Waals surface area contributed by atoms with Crippen molar-refractivity contribution >= 4 is 5.91 Å². The van der Waals surface area contributed by atoms with Crippen LogP contribution < -0.4 is 5.32 Å². The minimum absolute atomic E-state index is 0.0326. The van der Waals surface area contributed by atoms with Crippen LogP contribution in [0.2, 0.25) is 0 Å². The third kappa shape index (κ3) is 2.38. The Hall–Kier alpha value is -0.610. The monoisotopic (exact) mass is 226 g/mol. The van der Waals surface area contributed by atoms with E-state index in [1.54, 1.807) is 0 Å². The summed E-state index contributed by atoms with van der Waals surface area (Å²) in [4.78, 5) is 14.3. The highest BCUT2D eigenvalue weighted by Gasteiger charge is 2.37. The maximum Gasteiger partial charge on any atom is 0.229 e. The number of likely N-dealkylation sites (N-methyl/N-ethyl adjacent to an activating group) is 1. The Labute approximate surface area is 97.3 Å². The first-order valence-corrected chi connectivity index (χ1v) is 6.32. The van der Waals surface area contributed by atoms with E-state index in [-0.39, 0.29) is 17.9 Å². The van der Waals surface area contributed by atoms with Crippen LogP contribution in [0.25, 0.3) is 0 Å². The largest absolute Gasteiger partial charge is 0.379 e. The molecule has 2 aliphatic heterocycles. The first-order valence-electron chi connectivity index (χ1n) is 6.32. The maximum atomic E-state index is 12.3. The topological polar surface area (TPSA) is 41.6 Å².